The minimum atomic E-state index is -0.204. The van der Waals surface area contributed by atoms with Gasteiger partial charge >= 0.3 is 0 Å². The van der Waals surface area contributed by atoms with Gasteiger partial charge in [0.1, 0.15) is 0 Å². The first-order valence-electron chi connectivity index (χ1n) is 5.39. The first-order valence-corrected chi connectivity index (χ1v) is 7.85. The number of carbonyl (C=O) groups is 1. The molecule has 0 spiro atoms. The molecule has 0 aliphatic carbocycles. The zero-order chi connectivity index (χ0) is 13.7. The lowest BCUT2D eigenvalue weighted by Crippen LogP contribution is -2.41. The number of amides is 1. The minimum absolute atomic E-state index is 0.0214. The summed E-state index contributed by atoms with van der Waals surface area (Å²) in [7, 11) is 0. The van der Waals surface area contributed by atoms with E-state index in [0.29, 0.717) is 15.1 Å². The molecule has 1 rings (SSSR count). The fraction of sp³-hybridized carbons (Fsp3) is 0.417. The van der Waals surface area contributed by atoms with Crippen LogP contribution in [0.15, 0.2) is 22.7 Å². The molecule has 0 aliphatic heterocycles. The van der Waals surface area contributed by atoms with E-state index in [2.05, 4.69) is 21.2 Å². The Bertz CT molecular complexity index is 427. The second-order valence-electron chi connectivity index (χ2n) is 3.84. The summed E-state index contributed by atoms with van der Waals surface area (Å²) in [6.07, 6.45) is 1.90. The molecule has 0 radical (unpaired) electrons. The standard InChI is InChI=1S/C12H15BrClNO2S/c1-7(11(6-16)18-2)15-12(17)9-5-8(14)3-4-10(9)13/h3-5,7,11,16H,6H2,1-2H3,(H,15,17). The van der Waals surface area contributed by atoms with Crippen molar-refractivity contribution in [1.29, 1.82) is 0 Å². The highest BCUT2D eigenvalue weighted by molar-refractivity contribution is 9.10. The summed E-state index contributed by atoms with van der Waals surface area (Å²) in [5.74, 6) is -0.204. The second-order valence-corrected chi connectivity index (χ2v) is 6.21. The molecule has 6 heteroatoms. The molecule has 0 aliphatic rings. The van der Waals surface area contributed by atoms with E-state index in [9.17, 15) is 9.90 Å². The first kappa shape index (κ1) is 15.8. The number of hydrogen-bond acceptors (Lipinski definition) is 3. The fourth-order valence-corrected chi connectivity index (χ4v) is 2.71. The largest absolute Gasteiger partial charge is 0.395 e. The molecule has 1 aromatic rings. The molecule has 1 aromatic carbocycles. The van der Waals surface area contributed by atoms with Gasteiger partial charge in [-0.2, -0.15) is 11.8 Å². The van der Waals surface area contributed by atoms with Crippen molar-refractivity contribution in [3.8, 4) is 0 Å². The van der Waals surface area contributed by atoms with Crippen LogP contribution in [0.4, 0.5) is 0 Å². The van der Waals surface area contributed by atoms with E-state index in [1.165, 1.54) is 11.8 Å². The van der Waals surface area contributed by atoms with E-state index in [0.717, 1.165) is 0 Å². The molecule has 0 bridgehead atoms. The Kier molecular flexibility index (Phi) is 6.49. The van der Waals surface area contributed by atoms with Crippen LogP contribution in [-0.2, 0) is 0 Å². The van der Waals surface area contributed by atoms with Crippen molar-refractivity contribution >= 4 is 45.2 Å². The Balaban J connectivity index is 2.79. The fourth-order valence-electron chi connectivity index (χ4n) is 1.49. The summed E-state index contributed by atoms with van der Waals surface area (Å²) in [5.41, 5.74) is 0.493. The average Bonchev–Trinajstić information content (AvgIpc) is 2.33. The van der Waals surface area contributed by atoms with Gasteiger partial charge in [0.15, 0.2) is 0 Å². The first-order chi connectivity index (χ1) is 8.49. The van der Waals surface area contributed by atoms with Crippen LogP contribution < -0.4 is 5.32 Å². The van der Waals surface area contributed by atoms with Crippen molar-refractivity contribution in [2.75, 3.05) is 12.9 Å². The van der Waals surface area contributed by atoms with Gasteiger partial charge in [0, 0.05) is 20.8 Å². The molecule has 0 heterocycles. The Hall–Kier alpha value is -0.230. The Morgan fingerprint density at radius 2 is 2.28 bits per heavy atom. The van der Waals surface area contributed by atoms with Crippen LogP contribution in [0.5, 0.6) is 0 Å². The summed E-state index contributed by atoms with van der Waals surface area (Å²) in [4.78, 5) is 12.1. The normalized spacial score (nSPS) is 14.1. The smallest absolute Gasteiger partial charge is 0.252 e. The number of aliphatic hydroxyl groups excluding tert-OH is 1. The number of carbonyl (C=O) groups excluding carboxylic acids is 1. The number of benzene rings is 1. The molecule has 2 N–H and O–H groups in total. The van der Waals surface area contributed by atoms with Crippen LogP contribution in [0.25, 0.3) is 0 Å². The van der Waals surface area contributed by atoms with Gasteiger partial charge in [-0.05, 0) is 47.3 Å². The van der Waals surface area contributed by atoms with Gasteiger partial charge < -0.3 is 10.4 Å². The lowest BCUT2D eigenvalue weighted by atomic mass is 10.2. The Morgan fingerprint density at radius 3 is 2.83 bits per heavy atom. The zero-order valence-corrected chi connectivity index (χ0v) is 13.3. The monoisotopic (exact) mass is 351 g/mol. The highest BCUT2D eigenvalue weighted by Gasteiger charge is 2.19. The topological polar surface area (TPSA) is 49.3 Å². The molecule has 2 atom stereocenters. The summed E-state index contributed by atoms with van der Waals surface area (Å²) in [6, 6.07) is 4.94. The Morgan fingerprint density at radius 1 is 1.61 bits per heavy atom. The molecule has 0 fully saturated rings. The van der Waals surface area contributed by atoms with Crippen LogP contribution in [0.3, 0.4) is 0 Å². The van der Waals surface area contributed by atoms with Crippen LogP contribution >= 0.6 is 39.3 Å². The Labute approximate surface area is 124 Å². The van der Waals surface area contributed by atoms with Gasteiger partial charge in [0.2, 0.25) is 0 Å². The maximum Gasteiger partial charge on any atom is 0.252 e. The third kappa shape index (κ3) is 4.16. The third-order valence-electron chi connectivity index (χ3n) is 2.57. The van der Waals surface area contributed by atoms with Gasteiger partial charge in [0.25, 0.3) is 5.91 Å². The van der Waals surface area contributed by atoms with E-state index in [1.807, 2.05) is 13.2 Å². The molecule has 1 amide bonds. The van der Waals surface area contributed by atoms with Crippen LogP contribution in [-0.4, -0.2) is 35.2 Å². The van der Waals surface area contributed by atoms with Crippen molar-refractivity contribution in [3.05, 3.63) is 33.3 Å². The van der Waals surface area contributed by atoms with E-state index < -0.39 is 0 Å². The molecule has 3 nitrogen and oxygen atoms in total. The maximum atomic E-state index is 12.1. The summed E-state index contributed by atoms with van der Waals surface area (Å²) >= 11 is 10.7. The van der Waals surface area contributed by atoms with Crippen molar-refractivity contribution in [3.63, 3.8) is 0 Å². The highest BCUT2D eigenvalue weighted by Crippen LogP contribution is 2.21. The molecule has 18 heavy (non-hydrogen) atoms. The molecular weight excluding hydrogens is 338 g/mol. The van der Waals surface area contributed by atoms with Crippen molar-refractivity contribution in [2.24, 2.45) is 0 Å². The predicted molar refractivity (Wildman–Crippen MR) is 80.5 cm³/mol. The molecule has 0 saturated carbocycles. The average molecular weight is 353 g/mol. The van der Waals surface area contributed by atoms with E-state index >= 15 is 0 Å². The second kappa shape index (κ2) is 7.38. The molecule has 100 valence electrons. The van der Waals surface area contributed by atoms with Crippen LogP contribution in [0.1, 0.15) is 17.3 Å². The summed E-state index contributed by atoms with van der Waals surface area (Å²) in [5, 5.41) is 12.5. The molecular formula is C12H15BrClNO2S. The van der Waals surface area contributed by atoms with Crippen molar-refractivity contribution in [1.82, 2.24) is 5.32 Å². The number of thioether (sulfide) groups is 1. The molecule has 0 saturated heterocycles. The summed E-state index contributed by atoms with van der Waals surface area (Å²) < 4.78 is 0.696. The van der Waals surface area contributed by atoms with Gasteiger partial charge in [0.05, 0.1) is 12.2 Å². The lowest BCUT2D eigenvalue weighted by Gasteiger charge is -2.21. The molecule has 0 aromatic heterocycles. The maximum absolute atomic E-state index is 12.1. The third-order valence-corrected chi connectivity index (χ3v) is 4.66. The van der Waals surface area contributed by atoms with Gasteiger partial charge in [-0.15, -0.1) is 0 Å². The lowest BCUT2D eigenvalue weighted by molar-refractivity contribution is 0.0935. The highest BCUT2D eigenvalue weighted by atomic mass is 79.9. The number of hydrogen-bond donors (Lipinski definition) is 2. The van der Waals surface area contributed by atoms with Gasteiger partial charge in [-0.1, -0.05) is 11.6 Å². The van der Waals surface area contributed by atoms with E-state index in [1.54, 1.807) is 18.2 Å². The van der Waals surface area contributed by atoms with Crippen LogP contribution in [0, 0.1) is 0 Å². The van der Waals surface area contributed by atoms with Crippen LogP contribution in [0.2, 0.25) is 5.02 Å². The zero-order valence-electron chi connectivity index (χ0n) is 10.1. The predicted octanol–water partition coefficient (Wildman–Crippen LogP) is 2.94. The number of aliphatic hydroxyl groups is 1. The van der Waals surface area contributed by atoms with Crippen molar-refractivity contribution < 1.29 is 9.90 Å². The van der Waals surface area contributed by atoms with Crippen molar-refractivity contribution in [2.45, 2.75) is 18.2 Å². The summed E-state index contributed by atoms with van der Waals surface area (Å²) in [6.45, 7) is 1.90. The number of rotatable bonds is 5. The van der Waals surface area contributed by atoms with E-state index in [4.69, 9.17) is 11.6 Å². The quantitative estimate of drug-likeness (QED) is 0.856. The SMILES string of the molecule is CSC(CO)C(C)NC(=O)c1cc(Cl)ccc1Br. The number of nitrogens with one attached hydrogen (secondary N) is 1. The number of halogens is 2. The minimum Gasteiger partial charge on any atom is -0.395 e. The molecule has 2 unspecified atom stereocenters. The van der Waals surface area contributed by atoms with Gasteiger partial charge in [-0.3, -0.25) is 4.79 Å². The van der Waals surface area contributed by atoms with Gasteiger partial charge in [-0.25, -0.2) is 0 Å². The van der Waals surface area contributed by atoms with E-state index in [-0.39, 0.29) is 23.8 Å².